The summed E-state index contributed by atoms with van der Waals surface area (Å²) in [5.74, 6) is -1.46. The number of esters is 1. The van der Waals surface area contributed by atoms with Gasteiger partial charge in [0, 0.05) is 0 Å². The van der Waals surface area contributed by atoms with Crippen LogP contribution in [0.25, 0.3) is 0 Å². The van der Waals surface area contributed by atoms with E-state index in [1.807, 2.05) is 6.07 Å². The molecule has 0 spiro atoms. The minimum atomic E-state index is -4.83. The van der Waals surface area contributed by atoms with E-state index in [1.54, 1.807) is 0 Å². The van der Waals surface area contributed by atoms with Gasteiger partial charge in [-0.05, 0) is 30.2 Å². The van der Waals surface area contributed by atoms with E-state index in [-0.39, 0.29) is 18.8 Å². The highest BCUT2D eigenvalue weighted by Crippen LogP contribution is 2.36. The fourth-order valence-corrected chi connectivity index (χ4v) is 4.59. The summed E-state index contributed by atoms with van der Waals surface area (Å²) < 4.78 is 39.7. The number of hydrogen-bond acceptors (Lipinski definition) is 6. The molecule has 0 radical (unpaired) electrons. The normalized spacial score (nSPS) is 12.3. The predicted molar refractivity (Wildman–Crippen MR) is 148 cm³/mol. The summed E-state index contributed by atoms with van der Waals surface area (Å²) in [7, 11) is -4.83. The molecule has 0 bridgehead atoms. The molecule has 39 heavy (non-hydrogen) atoms. The monoisotopic (exact) mass is 571 g/mol. The van der Waals surface area contributed by atoms with E-state index in [4.69, 9.17) is 24.5 Å². The van der Waals surface area contributed by atoms with Crippen LogP contribution in [0.4, 0.5) is 4.39 Å². The maximum absolute atomic E-state index is 13.6. The second kappa shape index (κ2) is 21.9. The van der Waals surface area contributed by atoms with Crippen LogP contribution in [0.3, 0.4) is 0 Å². The highest BCUT2D eigenvalue weighted by Gasteiger charge is 2.26. The summed E-state index contributed by atoms with van der Waals surface area (Å²) >= 11 is 0. The molecular weight excluding hydrogens is 524 g/mol. The summed E-state index contributed by atoms with van der Waals surface area (Å²) in [5.41, 5.74) is 0.376. The minimum absolute atomic E-state index is 0.0858. The van der Waals surface area contributed by atoms with Crippen molar-refractivity contribution in [1.29, 1.82) is 5.26 Å². The van der Waals surface area contributed by atoms with E-state index < -0.39 is 32.3 Å². The number of phosphoric ester groups is 1. The molecule has 0 amide bonds. The molecule has 0 saturated carbocycles. The Morgan fingerprint density at radius 2 is 1.41 bits per heavy atom. The number of unbranched alkanes of at least 4 members (excludes halogenated alkanes) is 15. The van der Waals surface area contributed by atoms with E-state index in [2.05, 4.69) is 11.4 Å². The molecule has 222 valence electrons. The van der Waals surface area contributed by atoms with Gasteiger partial charge in [-0.3, -0.25) is 4.52 Å². The average Bonchev–Trinajstić information content (AvgIpc) is 2.89. The summed E-state index contributed by atoms with van der Waals surface area (Å²) in [6, 6.07) is 5.42. The van der Waals surface area contributed by atoms with Gasteiger partial charge < -0.3 is 19.3 Å². The van der Waals surface area contributed by atoms with Crippen molar-refractivity contribution < 1.29 is 37.5 Å². The first kappa shape index (κ1) is 35.2. The van der Waals surface area contributed by atoms with Crippen molar-refractivity contribution in [3.05, 3.63) is 35.1 Å². The second-order valence-corrected chi connectivity index (χ2v) is 11.3. The molecule has 2 N–H and O–H groups in total. The second-order valence-electron chi connectivity index (χ2n) is 10.0. The first-order chi connectivity index (χ1) is 18.7. The number of ether oxygens (including phenoxy) is 2. The molecular formula is C29H47FNO7P. The van der Waals surface area contributed by atoms with Gasteiger partial charge in [0.1, 0.15) is 5.82 Å². The summed E-state index contributed by atoms with van der Waals surface area (Å²) in [6.07, 6.45) is 18.3. The molecule has 1 aromatic carbocycles. The van der Waals surface area contributed by atoms with Crippen molar-refractivity contribution in [3.63, 3.8) is 0 Å². The van der Waals surface area contributed by atoms with E-state index in [0.717, 1.165) is 31.4 Å². The van der Waals surface area contributed by atoms with Gasteiger partial charge in [0.2, 0.25) is 0 Å². The van der Waals surface area contributed by atoms with Crippen LogP contribution < -0.4 is 0 Å². The van der Waals surface area contributed by atoms with Gasteiger partial charge in [-0.2, -0.15) is 5.26 Å². The van der Waals surface area contributed by atoms with Crippen LogP contribution in [0.5, 0.6) is 0 Å². The Kier molecular flexibility index (Phi) is 19.8. The van der Waals surface area contributed by atoms with Crippen molar-refractivity contribution >= 4 is 13.8 Å². The number of carbonyl (C=O) groups is 1. The van der Waals surface area contributed by atoms with Crippen molar-refractivity contribution in [3.8, 4) is 6.07 Å². The van der Waals surface area contributed by atoms with Gasteiger partial charge in [0.25, 0.3) is 0 Å². The third-order valence-electron chi connectivity index (χ3n) is 6.44. The van der Waals surface area contributed by atoms with Crippen LogP contribution in [-0.4, -0.2) is 35.1 Å². The molecule has 0 fully saturated rings. The molecule has 10 heteroatoms. The van der Waals surface area contributed by atoms with Crippen molar-refractivity contribution in [2.75, 3.05) is 13.2 Å². The number of benzene rings is 1. The van der Waals surface area contributed by atoms with Crippen LogP contribution in [0.2, 0.25) is 0 Å². The Bertz CT molecular complexity index is 887. The standard InChI is InChI=1S/C29H47FNO7P/c1-2-3-4-5-6-7-8-9-10-11-12-13-14-15-16-17-18-36-29(32)28(24-38-39(33,34)35)37-23-26-19-25(22-31)20-27(30)21-26/h19-21,28H,2-18,23-24H2,1H3,(H2,33,34,35). The van der Waals surface area contributed by atoms with Crippen LogP contribution >= 0.6 is 7.82 Å². The number of hydrogen-bond donors (Lipinski definition) is 2. The van der Waals surface area contributed by atoms with E-state index in [0.29, 0.717) is 12.0 Å². The molecule has 1 unspecified atom stereocenters. The smallest absolute Gasteiger partial charge is 0.464 e. The number of phosphoric acid groups is 1. The summed E-state index contributed by atoms with van der Waals surface area (Å²) in [5, 5.41) is 8.96. The number of carbonyl (C=O) groups excluding carboxylic acids is 1. The lowest BCUT2D eigenvalue weighted by molar-refractivity contribution is -0.160. The molecule has 0 saturated heterocycles. The zero-order valence-electron chi connectivity index (χ0n) is 23.5. The van der Waals surface area contributed by atoms with Gasteiger partial charge >= 0.3 is 13.8 Å². The molecule has 0 aliphatic heterocycles. The average molecular weight is 572 g/mol. The zero-order chi connectivity index (χ0) is 28.8. The van der Waals surface area contributed by atoms with Gasteiger partial charge in [-0.25, -0.2) is 13.8 Å². The summed E-state index contributed by atoms with van der Waals surface area (Å²) in [6.45, 7) is 1.42. The highest BCUT2D eigenvalue weighted by atomic mass is 31.2. The molecule has 0 aromatic heterocycles. The van der Waals surface area contributed by atoms with Crippen LogP contribution in [0.1, 0.15) is 121 Å². The Morgan fingerprint density at radius 3 is 1.90 bits per heavy atom. The first-order valence-corrected chi connectivity index (χ1v) is 16.0. The van der Waals surface area contributed by atoms with Gasteiger partial charge in [-0.1, -0.05) is 103 Å². The molecule has 1 atom stereocenters. The minimum Gasteiger partial charge on any atom is -0.464 e. The summed E-state index contributed by atoms with van der Waals surface area (Å²) in [4.78, 5) is 30.4. The molecule has 0 heterocycles. The first-order valence-electron chi connectivity index (χ1n) is 14.4. The van der Waals surface area contributed by atoms with Gasteiger partial charge in [0.05, 0.1) is 31.5 Å². The third-order valence-corrected chi connectivity index (χ3v) is 6.92. The van der Waals surface area contributed by atoms with Crippen molar-refractivity contribution in [1.82, 2.24) is 0 Å². The molecule has 0 aliphatic carbocycles. The van der Waals surface area contributed by atoms with Crippen LogP contribution in [-0.2, 0) is 30.0 Å². The Morgan fingerprint density at radius 1 is 0.897 bits per heavy atom. The van der Waals surface area contributed by atoms with Gasteiger partial charge in [0.15, 0.2) is 6.10 Å². The fourth-order valence-electron chi connectivity index (χ4n) is 4.26. The SMILES string of the molecule is CCCCCCCCCCCCCCCCCCOC(=O)C(COP(=O)(O)O)OCc1cc(F)cc(C#N)c1. The number of nitrogens with zero attached hydrogens (tertiary/aromatic N) is 1. The lowest BCUT2D eigenvalue weighted by atomic mass is 10.0. The third kappa shape index (κ3) is 19.8. The highest BCUT2D eigenvalue weighted by molar-refractivity contribution is 7.46. The molecule has 8 nitrogen and oxygen atoms in total. The molecule has 1 rings (SSSR count). The Balaban J connectivity index is 2.18. The van der Waals surface area contributed by atoms with Crippen LogP contribution in [0, 0.1) is 17.1 Å². The van der Waals surface area contributed by atoms with Crippen molar-refractivity contribution in [2.45, 2.75) is 122 Å². The quantitative estimate of drug-likeness (QED) is 0.0742. The molecule has 1 aromatic rings. The topological polar surface area (TPSA) is 126 Å². The van der Waals surface area contributed by atoms with E-state index >= 15 is 0 Å². The fraction of sp³-hybridized carbons (Fsp3) is 0.724. The lowest BCUT2D eigenvalue weighted by Crippen LogP contribution is -2.31. The number of rotatable bonds is 24. The Labute approximate surface area is 233 Å². The number of nitriles is 1. The van der Waals surface area contributed by atoms with E-state index in [1.165, 1.54) is 83.1 Å². The van der Waals surface area contributed by atoms with Gasteiger partial charge in [-0.15, -0.1) is 0 Å². The van der Waals surface area contributed by atoms with Crippen molar-refractivity contribution in [2.24, 2.45) is 0 Å². The zero-order valence-corrected chi connectivity index (χ0v) is 24.3. The predicted octanol–water partition coefficient (Wildman–Crippen LogP) is 7.50. The maximum Gasteiger partial charge on any atom is 0.469 e. The largest absolute Gasteiger partial charge is 0.469 e. The molecule has 0 aliphatic rings. The number of halogens is 1. The Hall–Kier alpha value is -1.82. The van der Waals surface area contributed by atoms with Crippen LogP contribution in [0.15, 0.2) is 18.2 Å². The lowest BCUT2D eigenvalue weighted by Gasteiger charge is -2.17. The van der Waals surface area contributed by atoms with E-state index in [9.17, 15) is 13.8 Å². The maximum atomic E-state index is 13.6.